The van der Waals surface area contributed by atoms with Crippen LogP contribution in [0.1, 0.15) is 67.2 Å². The van der Waals surface area contributed by atoms with Crippen LogP contribution in [0.4, 0.5) is 0 Å². The Morgan fingerprint density at radius 1 is 0.500 bits per heavy atom. The minimum absolute atomic E-state index is 0.697. The molecule has 0 aromatic rings. The van der Waals surface area contributed by atoms with Crippen LogP contribution in [-0.2, 0) is 0 Å². The normalized spacial score (nSPS) is 66.9. The Morgan fingerprint density at radius 2 is 0.750 bits per heavy atom. The highest BCUT2D eigenvalue weighted by atomic mass is 14.8. The fourth-order valence-electron chi connectivity index (χ4n) is 8.42. The van der Waals surface area contributed by atoms with E-state index >= 15 is 0 Å². The lowest BCUT2D eigenvalue weighted by Crippen LogP contribution is -2.22. The maximum Gasteiger partial charge on any atom is -0.0209 e. The average Bonchev–Trinajstić information content (AvgIpc) is 2.87. The Hall–Kier alpha value is 0. The SMILES string of the molecule is CC1(C)C2CC3C(C2)C31C.CC1(C)C2CC3C(C2)C31C. The molecule has 8 fully saturated rings. The molecule has 0 N–H and O–H groups in total. The number of hydrogen-bond acceptors (Lipinski definition) is 0. The summed E-state index contributed by atoms with van der Waals surface area (Å²) in [5, 5.41) is 0. The van der Waals surface area contributed by atoms with Crippen molar-refractivity contribution >= 4 is 0 Å². The third-order valence-corrected chi connectivity index (χ3v) is 10.8. The molecule has 8 saturated carbocycles. The van der Waals surface area contributed by atoms with Crippen molar-refractivity contribution in [3.63, 3.8) is 0 Å². The molecule has 0 radical (unpaired) electrons. The molecule has 0 nitrogen and oxygen atoms in total. The summed E-state index contributed by atoms with van der Waals surface area (Å²) < 4.78 is 0. The summed E-state index contributed by atoms with van der Waals surface area (Å²) in [4.78, 5) is 0. The van der Waals surface area contributed by atoms with Gasteiger partial charge in [0.1, 0.15) is 0 Å². The molecule has 8 bridgehead atoms. The summed E-state index contributed by atoms with van der Waals surface area (Å²) in [5.74, 6) is 6.76. The summed E-state index contributed by atoms with van der Waals surface area (Å²) in [6.07, 6.45) is 6.25. The highest BCUT2D eigenvalue weighted by Gasteiger charge is 2.80. The first-order valence-electron chi connectivity index (χ1n) is 9.16. The molecule has 4 atom stereocenters. The van der Waals surface area contributed by atoms with Crippen molar-refractivity contribution in [1.82, 2.24) is 0 Å². The van der Waals surface area contributed by atoms with Gasteiger partial charge in [0.2, 0.25) is 0 Å². The zero-order valence-electron chi connectivity index (χ0n) is 14.3. The fourth-order valence-corrected chi connectivity index (χ4v) is 8.42. The third-order valence-electron chi connectivity index (χ3n) is 10.8. The van der Waals surface area contributed by atoms with Crippen LogP contribution in [0.3, 0.4) is 0 Å². The van der Waals surface area contributed by atoms with Crippen LogP contribution in [-0.4, -0.2) is 0 Å². The molecule has 0 heteroatoms. The molecule has 20 heavy (non-hydrogen) atoms. The zero-order chi connectivity index (χ0) is 14.3. The van der Waals surface area contributed by atoms with Crippen molar-refractivity contribution in [2.24, 2.45) is 57.2 Å². The van der Waals surface area contributed by atoms with Gasteiger partial charge < -0.3 is 0 Å². The van der Waals surface area contributed by atoms with Crippen LogP contribution in [0.15, 0.2) is 0 Å². The minimum atomic E-state index is 0.697. The Labute approximate surface area is 125 Å². The highest BCUT2D eigenvalue weighted by molar-refractivity contribution is 5.28. The van der Waals surface area contributed by atoms with E-state index in [1.54, 1.807) is 25.7 Å². The third kappa shape index (κ3) is 0.950. The molecule has 4 unspecified atom stereocenters. The predicted octanol–water partition coefficient (Wildman–Crippen LogP) is 5.38. The van der Waals surface area contributed by atoms with Gasteiger partial charge >= 0.3 is 0 Å². The second-order valence-corrected chi connectivity index (χ2v) is 10.8. The van der Waals surface area contributed by atoms with Gasteiger partial charge in [0.05, 0.1) is 0 Å². The summed E-state index contributed by atoms with van der Waals surface area (Å²) >= 11 is 0. The zero-order valence-corrected chi connectivity index (χ0v) is 14.3. The number of rotatable bonds is 0. The van der Waals surface area contributed by atoms with Crippen molar-refractivity contribution in [2.45, 2.75) is 67.2 Å². The fraction of sp³-hybridized carbons (Fsp3) is 1.00. The molecule has 0 aromatic heterocycles. The smallest absolute Gasteiger partial charge is 0.0209 e. The van der Waals surface area contributed by atoms with Gasteiger partial charge in [0, 0.05) is 0 Å². The second kappa shape index (κ2) is 2.91. The van der Waals surface area contributed by atoms with Crippen molar-refractivity contribution in [3.8, 4) is 0 Å². The van der Waals surface area contributed by atoms with Gasteiger partial charge in [0.25, 0.3) is 0 Å². The van der Waals surface area contributed by atoms with E-state index in [0.717, 1.165) is 46.3 Å². The van der Waals surface area contributed by atoms with E-state index in [1.165, 1.54) is 0 Å². The van der Waals surface area contributed by atoms with Gasteiger partial charge in [-0.2, -0.15) is 0 Å². The van der Waals surface area contributed by atoms with Crippen molar-refractivity contribution in [2.75, 3.05) is 0 Å². The first-order valence-corrected chi connectivity index (χ1v) is 9.16. The predicted molar refractivity (Wildman–Crippen MR) is 83.2 cm³/mol. The standard InChI is InChI=1S/2C10H16/c2*1-9(2)6-4-7-8(5-6)10(7,9)3/h2*6-8H,4-5H2,1-3H3. The lowest BCUT2D eigenvalue weighted by Gasteiger charge is -2.28. The maximum atomic E-state index is 2.52. The van der Waals surface area contributed by atoms with E-state index in [1.807, 2.05) is 0 Å². The van der Waals surface area contributed by atoms with Crippen LogP contribution in [0.2, 0.25) is 0 Å². The van der Waals surface area contributed by atoms with Gasteiger partial charge in [-0.25, -0.2) is 0 Å². The molecule has 112 valence electrons. The lowest BCUT2D eigenvalue weighted by molar-refractivity contribution is 0.200. The molecule has 0 spiro atoms. The van der Waals surface area contributed by atoms with E-state index in [2.05, 4.69) is 41.5 Å². The van der Waals surface area contributed by atoms with Crippen LogP contribution >= 0.6 is 0 Å². The molecule has 8 aliphatic carbocycles. The van der Waals surface area contributed by atoms with Crippen LogP contribution < -0.4 is 0 Å². The van der Waals surface area contributed by atoms with E-state index in [9.17, 15) is 0 Å². The van der Waals surface area contributed by atoms with Crippen LogP contribution in [0.5, 0.6) is 0 Å². The van der Waals surface area contributed by atoms with Crippen molar-refractivity contribution in [3.05, 3.63) is 0 Å². The number of hydrogen-bond donors (Lipinski definition) is 0. The highest BCUT2D eigenvalue weighted by Crippen LogP contribution is 2.86. The Balaban J connectivity index is 0.0000000960. The quantitative estimate of drug-likeness (QED) is 0.555. The molecule has 0 saturated heterocycles. The van der Waals surface area contributed by atoms with Crippen molar-refractivity contribution in [1.29, 1.82) is 0 Å². The largest absolute Gasteiger partial charge is 0.0591 e. The Kier molecular flexibility index (Phi) is 1.82. The van der Waals surface area contributed by atoms with Gasteiger partial charge in [-0.15, -0.1) is 0 Å². The minimum Gasteiger partial charge on any atom is -0.0591 e. The first-order chi connectivity index (χ1) is 9.16. The Bertz CT molecular complexity index is 421. The van der Waals surface area contributed by atoms with E-state index in [-0.39, 0.29) is 0 Å². The topological polar surface area (TPSA) is 0 Å². The molecule has 8 aliphatic rings. The van der Waals surface area contributed by atoms with E-state index in [0.29, 0.717) is 10.8 Å². The summed E-state index contributed by atoms with van der Waals surface area (Å²) in [6.45, 7) is 15.0. The molecule has 0 aliphatic heterocycles. The van der Waals surface area contributed by atoms with Gasteiger partial charge in [-0.1, -0.05) is 41.5 Å². The second-order valence-electron chi connectivity index (χ2n) is 10.8. The lowest BCUT2D eigenvalue weighted by atomic mass is 9.76. The van der Waals surface area contributed by atoms with Gasteiger partial charge in [-0.05, 0) is 82.9 Å². The van der Waals surface area contributed by atoms with Gasteiger partial charge in [0.15, 0.2) is 0 Å². The first kappa shape index (κ1) is 12.5. The molecular formula is C20H32. The van der Waals surface area contributed by atoms with Crippen LogP contribution in [0.25, 0.3) is 0 Å². The van der Waals surface area contributed by atoms with Crippen molar-refractivity contribution < 1.29 is 0 Å². The summed E-state index contributed by atoms with van der Waals surface area (Å²) in [7, 11) is 0. The maximum absolute atomic E-state index is 2.52. The van der Waals surface area contributed by atoms with Gasteiger partial charge in [-0.3, -0.25) is 0 Å². The average molecular weight is 272 g/mol. The van der Waals surface area contributed by atoms with E-state index in [4.69, 9.17) is 0 Å². The molecule has 0 aromatic carbocycles. The van der Waals surface area contributed by atoms with E-state index < -0.39 is 0 Å². The molecule has 0 amide bonds. The molecule has 0 heterocycles. The Morgan fingerprint density at radius 3 is 0.800 bits per heavy atom. The van der Waals surface area contributed by atoms with Crippen LogP contribution in [0, 0.1) is 57.2 Å². The summed E-state index contributed by atoms with van der Waals surface area (Å²) in [5.41, 5.74) is 2.97. The monoisotopic (exact) mass is 272 g/mol. The summed E-state index contributed by atoms with van der Waals surface area (Å²) in [6, 6.07) is 0. The molecular weight excluding hydrogens is 240 g/mol. The molecule has 8 rings (SSSR count).